The van der Waals surface area contributed by atoms with E-state index in [1.807, 2.05) is 55.5 Å². The molecule has 0 saturated carbocycles. The topological polar surface area (TPSA) is 38.3 Å². The quantitative estimate of drug-likeness (QED) is 0.936. The third kappa shape index (κ3) is 3.25. The van der Waals surface area contributed by atoms with Crippen LogP contribution in [0.1, 0.15) is 24.1 Å². The van der Waals surface area contributed by atoms with Crippen molar-refractivity contribution in [2.75, 3.05) is 6.61 Å². The molecule has 1 aliphatic rings. The van der Waals surface area contributed by atoms with E-state index in [4.69, 9.17) is 16.3 Å². The van der Waals surface area contributed by atoms with Gasteiger partial charge in [0.1, 0.15) is 12.4 Å². The van der Waals surface area contributed by atoms with Gasteiger partial charge in [-0.1, -0.05) is 41.9 Å². The van der Waals surface area contributed by atoms with Crippen LogP contribution in [0.15, 0.2) is 48.5 Å². The lowest BCUT2D eigenvalue weighted by Gasteiger charge is -2.26. The van der Waals surface area contributed by atoms with Crippen LogP contribution >= 0.6 is 11.6 Å². The second kappa shape index (κ2) is 6.41. The Morgan fingerprint density at radius 2 is 2.09 bits per heavy atom. The predicted octanol–water partition coefficient (Wildman–Crippen LogP) is 3.77. The van der Waals surface area contributed by atoms with Crippen molar-refractivity contribution in [1.82, 2.24) is 5.32 Å². The van der Waals surface area contributed by atoms with Crippen LogP contribution in [0, 0.1) is 5.92 Å². The number of amides is 1. The Hall–Kier alpha value is -2.00. The molecule has 0 bridgehead atoms. The number of ether oxygens (including phenoxy) is 1. The normalized spacial score (nSPS) is 18.0. The van der Waals surface area contributed by atoms with E-state index in [0.29, 0.717) is 18.1 Å². The second-order valence-electron chi connectivity index (χ2n) is 5.61. The van der Waals surface area contributed by atoms with Crippen molar-refractivity contribution in [2.45, 2.75) is 19.4 Å². The minimum atomic E-state index is -0.156. The van der Waals surface area contributed by atoms with E-state index in [1.54, 1.807) is 0 Å². The lowest BCUT2D eigenvalue weighted by Crippen LogP contribution is -2.38. The number of benzene rings is 2. The highest BCUT2D eigenvalue weighted by Gasteiger charge is 2.26. The number of rotatable bonds is 3. The van der Waals surface area contributed by atoms with Crippen molar-refractivity contribution in [1.29, 1.82) is 0 Å². The van der Waals surface area contributed by atoms with Crippen LogP contribution in [-0.2, 0) is 11.2 Å². The van der Waals surface area contributed by atoms with E-state index >= 15 is 0 Å². The first-order valence-corrected chi connectivity index (χ1v) is 7.78. The highest BCUT2D eigenvalue weighted by molar-refractivity contribution is 6.30. The van der Waals surface area contributed by atoms with Gasteiger partial charge in [0.05, 0.1) is 12.0 Å². The molecule has 4 heteroatoms. The molecule has 0 radical (unpaired) electrons. The summed E-state index contributed by atoms with van der Waals surface area (Å²) in [5.41, 5.74) is 2.09. The number of hydrogen-bond donors (Lipinski definition) is 1. The molecule has 0 fully saturated rings. The van der Waals surface area contributed by atoms with E-state index in [-0.39, 0.29) is 17.9 Å². The average Bonchev–Trinajstić information content (AvgIpc) is 2.54. The van der Waals surface area contributed by atoms with Crippen LogP contribution in [0.4, 0.5) is 0 Å². The van der Waals surface area contributed by atoms with Gasteiger partial charge >= 0.3 is 0 Å². The van der Waals surface area contributed by atoms with Crippen LogP contribution < -0.4 is 10.1 Å². The van der Waals surface area contributed by atoms with Crippen LogP contribution in [-0.4, -0.2) is 12.5 Å². The van der Waals surface area contributed by atoms with Gasteiger partial charge in [-0.25, -0.2) is 0 Å². The number of hydrogen-bond acceptors (Lipinski definition) is 2. The minimum absolute atomic E-state index is 0.0157. The molecule has 0 saturated heterocycles. The second-order valence-corrected chi connectivity index (χ2v) is 6.04. The Balaban J connectivity index is 1.65. The molecule has 2 unspecified atom stereocenters. The molecule has 2 atom stereocenters. The molecule has 0 spiro atoms. The minimum Gasteiger partial charge on any atom is -0.492 e. The Morgan fingerprint density at radius 3 is 2.91 bits per heavy atom. The van der Waals surface area contributed by atoms with Crippen molar-refractivity contribution in [3.8, 4) is 5.75 Å². The fourth-order valence-electron chi connectivity index (χ4n) is 2.69. The van der Waals surface area contributed by atoms with Crippen molar-refractivity contribution in [2.24, 2.45) is 5.92 Å². The number of carbonyl (C=O) groups is 1. The molecule has 3 rings (SSSR count). The van der Waals surface area contributed by atoms with Crippen LogP contribution in [0.5, 0.6) is 5.75 Å². The molecule has 2 aromatic rings. The van der Waals surface area contributed by atoms with E-state index in [1.165, 1.54) is 0 Å². The van der Waals surface area contributed by atoms with Gasteiger partial charge in [0.15, 0.2) is 0 Å². The third-order valence-electron chi connectivity index (χ3n) is 3.96. The fraction of sp³-hybridized carbons (Fsp3) is 0.278. The summed E-state index contributed by atoms with van der Waals surface area (Å²) in [5.74, 6) is 0.743. The van der Waals surface area contributed by atoms with E-state index < -0.39 is 0 Å². The zero-order valence-electron chi connectivity index (χ0n) is 12.4. The van der Waals surface area contributed by atoms with Crippen LogP contribution in [0.3, 0.4) is 0 Å². The molecule has 3 nitrogen and oxygen atoms in total. The van der Waals surface area contributed by atoms with Gasteiger partial charge < -0.3 is 10.1 Å². The third-order valence-corrected chi connectivity index (χ3v) is 4.19. The standard InChI is InChI=1S/C18H18ClNO2/c1-12(13-6-4-7-16(19)10-13)20-18(21)15-9-14-5-2-3-8-17(14)22-11-15/h2-8,10,12,15H,9,11H2,1H3,(H,20,21). The van der Waals surface area contributed by atoms with Crippen LogP contribution in [0.2, 0.25) is 5.02 Å². The molecular weight excluding hydrogens is 298 g/mol. The largest absolute Gasteiger partial charge is 0.492 e. The Bertz CT molecular complexity index is 686. The van der Waals surface area contributed by atoms with Gasteiger partial charge in [0, 0.05) is 5.02 Å². The van der Waals surface area contributed by atoms with Gasteiger partial charge in [0.2, 0.25) is 5.91 Å². The molecule has 1 heterocycles. The van der Waals surface area contributed by atoms with Crippen LogP contribution in [0.25, 0.3) is 0 Å². The molecule has 1 N–H and O–H groups in total. The zero-order valence-corrected chi connectivity index (χ0v) is 13.1. The number of nitrogens with one attached hydrogen (secondary N) is 1. The summed E-state index contributed by atoms with van der Waals surface area (Å²) in [4.78, 5) is 12.5. The molecule has 0 aromatic heterocycles. The summed E-state index contributed by atoms with van der Waals surface area (Å²) in [7, 11) is 0. The summed E-state index contributed by atoms with van der Waals surface area (Å²) in [5, 5.41) is 3.72. The monoisotopic (exact) mass is 315 g/mol. The Morgan fingerprint density at radius 1 is 1.27 bits per heavy atom. The Labute approximate surface area is 135 Å². The smallest absolute Gasteiger partial charge is 0.227 e. The summed E-state index contributed by atoms with van der Waals surface area (Å²) in [6.45, 7) is 2.38. The first-order valence-electron chi connectivity index (χ1n) is 7.40. The molecule has 2 aromatic carbocycles. The maximum Gasteiger partial charge on any atom is 0.227 e. The number of para-hydroxylation sites is 1. The average molecular weight is 316 g/mol. The van der Waals surface area contributed by atoms with Crippen molar-refractivity contribution in [3.05, 3.63) is 64.7 Å². The first kappa shape index (κ1) is 14.9. The zero-order chi connectivity index (χ0) is 15.5. The van der Waals surface area contributed by atoms with Gasteiger partial charge in [-0.15, -0.1) is 0 Å². The lowest BCUT2D eigenvalue weighted by molar-refractivity contribution is -0.126. The molecular formula is C18H18ClNO2. The summed E-state index contributed by atoms with van der Waals surface area (Å²) in [6.07, 6.45) is 0.713. The molecule has 1 aliphatic heterocycles. The Kier molecular flexibility index (Phi) is 4.34. The fourth-order valence-corrected chi connectivity index (χ4v) is 2.89. The number of carbonyl (C=O) groups excluding carboxylic acids is 1. The highest BCUT2D eigenvalue weighted by atomic mass is 35.5. The molecule has 1 amide bonds. The van der Waals surface area contributed by atoms with Gasteiger partial charge in [0.25, 0.3) is 0 Å². The summed E-state index contributed by atoms with van der Waals surface area (Å²) < 4.78 is 5.68. The predicted molar refractivity (Wildman–Crippen MR) is 87.1 cm³/mol. The maximum atomic E-state index is 12.5. The lowest BCUT2D eigenvalue weighted by atomic mass is 9.95. The summed E-state index contributed by atoms with van der Waals surface area (Å²) >= 11 is 6.00. The van der Waals surface area contributed by atoms with Crippen molar-refractivity contribution in [3.63, 3.8) is 0 Å². The van der Waals surface area contributed by atoms with Crippen molar-refractivity contribution < 1.29 is 9.53 Å². The van der Waals surface area contributed by atoms with Crippen molar-refractivity contribution >= 4 is 17.5 Å². The van der Waals surface area contributed by atoms with Gasteiger partial charge in [-0.2, -0.15) is 0 Å². The number of halogens is 1. The van der Waals surface area contributed by atoms with E-state index in [2.05, 4.69) is 5.32 Å². The first-order chi connectivity index (χ1) is 10.6. The van der Waals surface area contributed by atoms with E-state index in [9.17, 15) is 4.79 Å². The highest BCUT2D eigenvalue weighted by Crippen LogP contribution is 2.27. The van der Waals surface area contributed by atoms with Gasteiger partial charge in [-0.05, 0) is 42.7 Å². The molecule has 0 aliphatic carbocycles. The SMILES string of the molecule is CC(NC(=O)C1COc2ccccc2C1)c1cccc(Cl)c1. The van der Waals surface area contributed by atoms with Gasteiger partial charge in [-0.3, -0.25) is 4.79 Å². The molecule has 22 heavy (non-hydrogen) atoms. The number of fused-ring (bicyclic) bond motifs is 1. The summed E-state index contributed by atoms with van der Waals surface area (Å²) in [6, 6.07) is 15.3. The molecule has 114 valence electrons. The van der Waals surface area contributed by atoms with E-state index in [0.717, 1.165) is 16.9 Å². The maximum absolute atomic E-state index is 12.5.